The number of ether oxygens (including phenoxy) is 1. The van der Waals surface area contributed by atoms with E-state index in [2.05, 4.69) is 20.9 Å². The molecule has 0 aliphatic carbocycles. The Hall–Kier alpha value is -3.91. The fourth-order valence-electron chi connectivity index (χ4n) is 4.21. The molecular weight excluding hydrogens is 490 g/mol. The van der Waals surface area contributed by atoms with Gasteiger partial charge in [-0.3, -0.25) is 0 Å². The number of hydrogen-bond acceptors (Lipinski definition) is 4. The number of nitrogens with zero attached hydrogens (tertiary/aromatic N) is 2. The van der Waals surface area contributed by atoms with Gasteiger partial charge in [0, 0.05) is 37.6 Å². The van der Waals surface area contributed by atoms with Gasteiger partial charge in [0.25, 0.3) is 0 Å². The lowest BCUT2D eigenvalue weighted by Gasteiger charge is -2.36. The number of nitrogens with one attached hydrogen (secondary N) is 3. The number of rotatable bonds is 6. The standard InChI is InChI=1S/C28H32ClN5O3/c1-4-37-25-13-8-19(2)18-24(25)31-27(35)30-21-9-11-22(12-10-21)33-14-16-34(17-15-33)28(36)32-26-20(3)6-5-7-23(26)29/h5-13,18H,4,14-17H2,1-3H3,(H,32,36)(H2,30,31,35). The molecule has 9 heteroatoms. The Balaban J connectivity index is 1.29. The quantitative estimate of drug-likeness (QED) is 0.352. The molecule has 1 heterocycles. The highest BCUT2D eigenvalue weighted by molar-refractivity contribution is 6.33. The molecule has 3 N–H and O–H groups in total. The summed E-state index contributed by atoms with van der Waals surface area (Å²) in [6.45, 7) is 8.90. The molecular formula is C28H32ClN5O3. The number of urea groups is 2. The summed E-state index contributed by atoms with van der Waals surface area (Å²) in [6.07, 6.45) is 0. The zero-order valence-corrected chi connectivity index (χ0v) is 22.1. The fourth-order valence-corrected chi connectivity index (χ4v) is 4.48. The van der Waals surface area contributed by atoms with E-state index in [0.29, 0.717) is 60.6 Å². The molecule has 1 fully saturated rings. The van der Waals surface area contributed by atoms with Crippen molar-refractivity contribution in [3.63, 3.8) is 0 Å². The molecule has 0 saturated carbocycles. The van der Waals surface area contributed by atoms with Crippen molar-refractivity contribution in [1.82, 2.24) is 4.90 Å². The number of carbonyl (C=O) groups excluding carboxylic acids is 2. The van der Waals surface area contributed by atoms with Crippen LogP contribution in [-0.2, 0) is 0 Å². The fraction of sp³-hybridized carbons (Fsp3) is 0.286. The van der Waals surface area contributed by atoms with Crippen LogP contribution >= 0.6 is 11.6 Å². The molecule has 194 valence electrons. The van der Waals surface area contributed by atoms with E-state index in [1.807, 2.05) is 75.4 Å². The topological polar surface area (TPSA) is 85.9 Å². The molecule has 3 aromatic carbocycles. The van der Waals surface area contributed by atoms with Gasteiger partial charge in [-0.2, -0.15) is 0 Å². The molecule has 0 unspecified atom stereocenters. The first-order chi connectivity index (χ1) is 17.8. The smallest absolute Gasteiger partial charge is 0.323 e. The summed E-state index contributed by atoms with van der Waals surface area (Å²) in [5.74, 6) is 0.633. The lowest BCUT2D eigenvalue weighted by molar-refractivity contribution is 0.208. The van der Waals surface area contributed by atoms with Crippen LogP contribution < -0.4 is 25.6 Å². The SMILES string of the molecule is CCOc1ccc(C)cc1NC(=O)Nc1ccc(N2CCN(C(=O)Nc3c(C)cccc3Cl)CC2)cc1. The molecule has 1 saturated heterocycles. The highest BCUT2D eigenvalue weighted by Crippen LogP contribution is 2.27. The van der Waals surface area contributed by atoms with Gasteiger partial charge in [0.05, 0.1) is 23.0 Å². The van der Waals surface area contributed by atoms with Crippen LogP contribution in [0.1, 0.15) is 18.1 Å². The van der Waals surface area contributed by atoms with E-state index in [-0.39, 0.29) is 12.1 Å². The highest BCUT2D eigenvalue weighted by atomic mass is 35.5. The zero-order valence-electron chi connectivity index (χ0n) is 21.3. The van der Waals surface area contributed by atoms with E-state index < -0.39 is 0 Å². The van der Waals surface area contributed by atoms with E-state index in [1.165, 1.54) is 0 Å². The van der Waals surface area contributed by atoms with Crippen molar-refractivity contribution in [1.29, 1.82) is 0 Å². The maximum atomic E-state index is 12.8. The number of halogens is 1. The van der Waals surface area contributed by atoms with Gasteiger partial charge in [-0.1, -0.05) is 29.8 Å². The maximum absolute atomic E-state index is 12.8. The molecule has 1 aliphatic rings. The molecule has 8 nitrogen and oxygen atoms in total. The van der Waals surface area contributed by atoms with Crippen LogP contribution in [0.4, 0.5) is 32.3 Å². The largest absolute Gasteiger partial charge is 0.492 e. The molecule has 4 amide bonds. The minimum atomic E-state index is -0.340. The van der Waals surface area contributed by atoms with Gasteiger partial charge < -0.3 is 30.5 Å². The van der Waals surface area contributed by atoms with Gasteiger partial charge in [-0.15, -0.1) is 0 Å². The van der Waals surface area contributed by atoms with Crippen LogP contribution in [0.25, 0.3) is 0 Å². The van der Waals surface area contributed by atoms with Crippen molar-refractivity contribution in [2.24, 2.45) is 0 Å². The number of anilines is 4. The normalized spacial score (nSPS) is 13.2. The average Bonchev–Trinajstić information content (AvgIpc) is 2.88. The summed E-state index contributed by atoms with van der Waals surface area (Å²) in [7, 11) is 0. The number of benzene rings is 3. The molecule has 0 bridgehead atoms. The van der Waals surface area contributed by atoms with Crippen LogP contribution in [-0.4, -0.2) is 49.7 Å². The third-order valence-electron chi connectivity index (χ3n) is 6.19. The summed E-state index contributed by atoms with van der Waals surface area (Å²) >= 11 is 6.25. The first-order valence-corrected chi connectivity index (χ1v) is 12.7. The van der Waals surface area contributed by atoms with Crippen molar-refractivity contribution in [3.8, 4) is 5.75 Å². The molecule has 0 spiro atoms. The van der Waals surface area contributed by atoms with Crippen molar-refractivity contribution < 1.29 is 14.3 Å². The van der Waals surface area contributed by atoms with Gasteiger partial charge in [0.2, 0.25) is 0 Å². The minimum Gasteiger partial charge on any atom is -0.492 e. The van der Waals surface area contributed by atoms with E-state index in [0.717, 1.165) is 16.8 Å². The third kappa shape index (κ3) is 6.65. The number of aryl methyl sites for hydroxylation is 2. The summed E-state index contributed by atoms with van der Waals surface area (Å²) in [5.41, 5.74) is 4.95. The molecule has 4 rings (SSSR count). The van der Waals surface area contributed by atoms with Crippen LogP contribution in [0.15, 0.2) is 60.7 Å². The molecule has 37 heavy (non-hydrogen) atoms. The van der Waals surface area contributed by atoms with Crippen molar-refractivity contribution >= 4 is 46.4 Å². The Labute approximate surface area is 222 Å². The monoisotopic (exact) mass is 521 g/mol. The first kappa shape index (κ1) is 26.2. The summed E-state index contributed by atoms with van der Waals surface area (Å²) in [4.78, 5) is 29.3. The summed E-state index contributed by atoms with van der Waals surface area (Å²) < 4.78 is 5.61. The molecule has 3 aromatic rings. The lowest BCUT2D eigenvalue weighted by Crippen LogP contribution is -2.50. The second-order valence-corrected chi connectivity index (χ2v) is 9.30. The van der Waals surface area contributed by atoms with E-state index >= 15 is 0 Å². The number of hydrogen-bond donors (Lipinski definition) is 3. The van der Waals surface area contributed by atoms with Crippen molar-refractivity contribution in [2.45, 2.75) is 20.8 Å². The van der Waals surface area contributed by atoms with E-state index in [1.54, 1.807) is 11.0 Å². The van der Waals surface area contributed by atoms with Crippen LogP contribution in [0.3, 0.4) is 0 Å². The van der Waals surface area contributed by atoms with Gasteiger partial charge in [0.1, 0.15) is 5.75 Å². The van der Waals surface area contributed by atoms with Gasteiger partial charge in [-0.05, 0) is 74.4 Å². The number of amides is 4. The number of para-hydroxylation sites is 1. The first-order valence-electron chi connectivity index (χ1n) is 12.3. The van der Waals surface area contributed by atoms with Crippen molar-refractivity contribution in [3.05, 3.63) is 76.8 Å². The van der Waals surface area contributed by atoms with Crippen LogP contribution in [0.5, 0.6) is 5.75 Å². The minimum absolute atomic E-state index is 0.150. The molecule has 0 radical (unpaired) electrons. The maximum Gasteiger partial charge on any atom is 0.323 e. The molecule has 0 aromatic heterocycles. The Kier molecular flexibility index (Phi) is 8.40. The summed E-state index contributed by atoms with van der Waals surface area (Å²) in [6, 6.07) is 18.4. The molecule has 0 atom stereocenters. The zero-order chi connectivity index (χ0) is 26.4. The summed E-state index contributed by atoms with van der Waals surface area (Å²) in [5, 5.41) is 9.20. The Morgan fingerprint density at radius 3 is 2.32 bits per heavy atom. The number of carbonyl (C=O) groups is 2. The van der Waals surface area contributed by atoms with Crippen LogP contribution in [0, 0.1) is 13.8 Å². The Morgan fingerprint density at radius 1 is 0.919 bits per heavy atom. The second kappa shape index (κ2) is 11.9. The lowest BCUT2D eigenvalue weighted by atomic mass is 10.2. The van der Waals surface area contributed by atoms with E-state index in [9.17, 15) is 9.59 Å². The second-order valence-electron chi connectivity index (χ2n) is 8.89. The van der Waals surface area contributed by atoms with Gasteiger partial charge >= 0.3 is 12.1 Å². The van der Waals surface area contributed by atoms with Gasteiger partial charge in [-0.25, -0.2) is 9.59 Å². The van der Waals surface area contributed by atoms with Gasteiger partial charge in [0.15, 0.2) is 0 Å². The predicted octanol–water partition coefficient (Wildman–Crippen LogP) is 6.35. The average molecular weight is 522 g/mol. The predicted molar refractivity (Wildman–Crippen MR) is 150 cm³/mol. The van der Waals surface area contributed by atoms with Crippen LogP contribution in [0.2, 0.25) is 5.02 Å². The van der Waals surface area contributed by atoms with Crippen molar-refractivity contribution in [2.75, 3.05) is 53.6 Å². The molecule has 1 aliphatic heterocycles. The Morgan fingerprint density at radius 2 is 1.65 bits per heavy atom. The third-order valence-corrected chi connectivity index (χ3v) is 6.51. The highest BCUT2D eigenvalue weighted by Gasteiger charge is 2.22. The number of piperazine rings is 1. The van der Waals surface area contributed by atoms with E-state index in [4.69, 9.17) is 16.3 Å². The Bertz CT molecular complexity index is 1240.